The lowest BCUT2D eigenvalue weighted by molar-refractivity contribution is -0.140. The summed E-state index contributed by atoms with van der Waals surface area (Å²) >= 11 is 18.9. The van der Waals surface area contributed by atoms with E-state index >= 15 is 0 Å². The molecule has 0 aliphatic rings. The van der Waals surface area contributed by atoms with Crippen molar-refractivity contribution in [1.82, 2.24) is 10.2 Å². The Balaban J connectivity index is 2.08. The highest BCUT2D eigenvalue weighted by Crippen LogP contribution is 2.35. The monoisotopic (exact) mass is 623 g/mol. The third-order valence-corrected chi connectivity index (χ3v) is 8.81. The molecule has 3 aromatic rings. The number of carbonyl (C=O) groups excluding carboxylic acids is 2. The van der Waals surface area contributed by atoms with Gasteiger partial charge in [-0.15, -0.1) is 0 Å². The Labute approximate surface area is 251 Å². The van der Waals surface area contributed by atoms with Crippen LogP contribution in [0.4, 0.5) is 5.69 Å². The van der Waals surface area contributed by atoms with Crippen LogP contribution in [0.15, 0.2) is 71.6 Å². The molecule has 0 unspecified atom stereocenters. The second kappa shape index (κ2) is 12.8. The molecule has 0 saturated carbocycles. The third-order valence-electron chi connectivity index (χ3n) is 6.00. The van der Waals surface area contributed by atoms with Crippen LogP contribution in [-0.2, 0) is 26.2 Å². The van der Waals surface area contributed by atoms with Gasteiger partial charge in [0.2, 0.25) is 11.8 Å². The number of amides is 2. The molecule has 0 aliphatic heterocycles. The molecule has 3 aromatic carbocycles. The molecule has 0 spiro atoms. The van der Waals surface area contributed by atoms with Crippen LogP contribution in [0.25, 0.3) is 0 Å². The smallest absolute Gasteiger partial charge is 0.264 e. The quantitative estimate of drug-likeness (QED) is 0.295. The van der Waals surface area contributed by atoms with E-state index in [1.807, 2.05) is 27.7 Å². The number of aryl methyl sites for hydroxylation is 1. The van der Waals surface area contributed by atoms with E-state index in [1.165, 1.54) is 29.2 Å². The van der Waals surface area contributed by atoms with E-state index in [-0.39, 0.29) is 27.2 Å². The van der Waals surface area contributed by atoms with Gasteiger partial charge in [0, 0.05) is 17.1 Å². The fourth-order valence-corrected chi connectivity index (χ4v) is 6.01. The highest BCUT2D eigenvalue weighted by molar-refractivity contribution is 7.92. The molecular formula is C29H32Cl3N3O4S. The molecule has 2 amide bonds. The molecule has 0 fully saturated rings. The highest BCUT2D eigenvalue weighted by atomic mass is 35.5. The summed E-state index contributed by atoms with van der Waals surface area (Å²) in [5, 5.41) is 3.46. The summed E-state index contributed by atoms with van der Waals surface area (Å²) in [7, 11) is -4.27. The standard InChI is InChI=1S/C29H32Cl3N3O4S/c1-19-12-14-23(15-13-19)40(38,39)35(25-11-7-10-24(31)27(25)32)18-26(36)34(17-21-8-6-9-22(30)16-21)20(2)28(37)33-29(3,4)5/h6-16,20H,17-18H2,1-5H3,(H,33,37)/t20-/m0/s1. The Hall–Kier alpha value is -2.78. The first-order valence-electron chi connectivity index (χ1n) is 12.5. The number of anilines is 1. The molecule has 0 saturated heterocycles. The average molecular weight is 625 g/mol. The molecule has 1 atom stereocenters. The van der Waals surface area contributed by atoms with Gasteiger partial charge in [0.1, 0.15) is 12.6 Å². The van der Waals surface area contributed by atoms with Gasteiger partial charge in [-0.05, 0) is 76.6 Å². The molecule has 3 rings (SSSR count). The molecular weight excluding hydrogens is 593 g/mol. The van der Waals surface area contributed by atoms with Crippen LogP contribution in [0.2, 0.25) is 15.1 Å². The first kappa shape index (κ1) is 31.7. The number of hydrogen-bond donors (Lipinski definition) is 1. The number of sulfonamides is 1. The fraction of sp³-hybridized carbons (Fsp3) is 0.310. The Morgan fingerprint density at radius 2 is 1.57 bits per heavy atom. The summed E-state index contributed by atoms with van der Waals surface area (Å²) in [6.07, 6.45) is 0. The van der Waals surface area contributed by atoms with Crippen molar-refractivity contribution < 1.29 is 18.0 Å². The van der Waals surface area contributed by atoms with Gasteiger partial charge >= 0.3 is 0 Å². The second-order valence-corrected chi connectivity index (χ2v) is 13.5. The van der Waals surface area contributed by atoms with Gasteiger partial charge in [0.25, 0.3) is 10.0 Å². The van der Waals surface area contributed by atoms with Crippen molar-refractivity contribution in [1.29, 1.82) is 0 Å². The predicted octanol–water partition coefficient (Wildman–Crippen LogP) is 6.48. The average Bonchev–Trinajstić information content (AvgIpc) is 2.86. The van der Waals surface area contributed by atoms with Crippen LogP contribution in [0.3, 0.4) is 0 Å². The predicted molar refractivity (Wildman–Crippen MR) is 162 cm³/mol. The van der Waals surface area contributed by atoms with Crippen molar-refractivity contribution in [2.24, 2.45) is 0 Å². The summed E-state index contributed by atoms with van der Waals surface area (Å²) in [6.45, 7) is 8.30. The van der Waals surface area contributed by atoms with Crippen LogP contribution < -0.4 is 9.62 Å². The van der Waals surface area contributed by atoms with Gasteiger partial charge < -0.3 is 10.2 Å². The summed E-state index contributed by atoms with van der Waals surface area (Å²) in [4.78, 5) is 28.4. The maximum absolute atomic E-state index is 14.0. The van der Waals surface area contributed by atoms with Crippen molar-refractivity contribution >= 4 is 62.3 Å². The number of nitrogens with zero attached hydrogens (tertiary/aromatic N) is 2. The summed E-state index contributed by atoms with van der Waals surface area (Å²) < 4.78 is 28.8. The second-order valence-electron chi connectivity index (χ2n) is 10.5. The van der Waals surface area contributed by atoms with E-state index in [1.54, 1.807) is 49.4 Å². The normalized spacial score (nSPS) is 12.5. The van der Waals surface area contributed by atoms with E-state index in [0.29, 0.717) is 10.6 Å². The number of rotatable bonds is 9. The molecule has 0 bridgehead atoms. The van der Waals surface area contributed by atoms with Gasteiger partial charge in [-0.3, -0.25) is 13.9 Å². The van der Waals surface area contributed by atoms with Crippen molar-refractivity contribution in [3.63, 3.8) is 0 Å². The molecule has 0 heterocycles. The molecule has 7 nitrogen and oxygen atoms in total. The summed E-state index contributed by atoms with van der Waals surface area (Å²) in [5.41, 5.74) is 1.03. The Bertz CT molecular complexity index is 1490. The maximum atomic E-state index is 14.0. The third kappa shape index (κ3) is 7.91. The Morgan fingerprint density at radius 3 is 2.17 bits per heavy atom. The molecule has 11 heteroatoms. The van der Waals surface area contributed by atoms with Gasteiger partial charge in [-0.25, -0.2) is 8.42 Å². The molecule has 1 N–H and O–H groups in total. The lowest BCUT2D eigenvalue weighted by atomic mass is 10.1. The number of hydrogen-bond acceptors (Lipinski definition) is 4. The zero-order chi connectivity index (χ0) is 29.8. The number of halogens is 3. The molecule has 40 heavy (non-hydrogen) atoms. The number of nitrogens with one attached hydrogen (secondary N) is 1. The highest BCUT2D eigenvalue weighted by Gasteiger charge is 2.34. The van der Waals surface area contributed by atoms with Crippen molar-refractivity contribution in [2.75, 3.05) is 10.8 Å². The maximum Gasteiger partial charge on any atom is 0.264 e. The SMILES string of the molecule is Cc1ccc(S(=O)(=O)N(CC(=O)N(Cc2cccc(Cl)c2)[C@@H](C)C(=O)NC(C)(C)C)c2cccc(Cl)c2Cl)cc1. The largest absolute Gasteiger partial charge is 0.350 e. The van der Waals surface area contributed by atoms with Crippen LogP contribution in [0.1, 0.15) is 38.8 Å². The first-order chi connectivity index (χ1) is 18.6. The molecule has 0 aliphatic carbocycles. The summed E-state index contributed by atoms with van der Waals surface area (Å²) in [5.74, 6) is -1.01. The van der Waals surface area contributed by atoms with Crippen LogP contribution in [0, 0.1) is 6.92 Å². The number of carbonyl (C=O) groups is 2. The van der Waals surface area contributed by atoms with Crippen molar-refractivity contribution in [3.05, 3.63) is 92.9 Å². The Kier molecular flexibility index (Phi) is 10.2. The van der Waals surface area contributed by atoms with E-state index in [9.17, 15) is 18.0 Å². The van der Waals surface area contributed by atoms with Gasteiger partial charge in [-0.2, -0.15) is 0 Å². The lowest BCUT2D eigenvalue weighted by Crippen LogP contribution is -2.54. The van der Waals surface area contributed by atoms with Gasteiger partial charge in [0.15, 0.2) is 0 Å². The van der Waals surface area contributed by atoms with Crippen molar-refractivity contribution in [2.45, 2.75) is 57.6 Å². The number of benzene rings is 3. The summed E-state index contributed by atoms with van der Waals surface area (Å²) in [6, 6.07) is 16.8. The lowest BCUT2D eigenvalue weighted by Gasteiger charge is -2.33. The first-order valence-corrected chi connectivity index (χ1v) is 15.1. The van der Waals surface area contributed by atoms with Crippen molar-refractivity contribution in [3.8, 4) is 0 Å². The van der Waals surface area contributed by atoms with E-state index in [4.69, 9.17) is 34.8 Å². The van der Waals surface area contributed by atoms with Crippen LogP contribution in [-0.4, -0.2) is 43.3 Å². The minimum absolute atomic E-state index is 0.0137. The van der Waals surface area contributed by atoms with E-state index < -0.39 is 40.0 Å². The zero-order valence-corrected chi connectivity index (χ0v) is 26.0. The van der Waals surface area contributed by atoms with Crippen LogP contribution in [0.5, 0.6) is 0 Å². The molecule has 0 radical (unpaired) electrons. The van der Waals surface area contributed by atoms with Crippen LogP contribution >= 0.6 is 34.8 Å². The topological polar surface area (TPSA) is 86.8 Å². The van der Waals surface area contributed by atoms with E-state index in [2.05, 4.69) is 5.32 Å². The molecule has 214 valence electrons. The minimum Gasteiger partial charge on any atom is -0.350 e. The fourth-order valence-electron chi connectivity index (χ4n) is 3.92. The molecule has 0 aromatic heterocycles. The van der Waals surface area contributed by atoms with Gasteiger partial charge in [-0.1, -0.05) is 70.7 Å². The Morgan fingerprint density at radius 1 is 0.950 bits per heavy atom. The minimum atomic E-state index is -4.27. The zero-order valence-electron chi connectivity index (χ0n) is 22.9. The van der Waals surface area contributed by atoms with E-state index in [0.717, 1.165) is 9.87 Å². The van der Waals surface area contributed by atoms with Gasteiger partial charge in [0.05, 0.1) is 20.6 Å².